The second-order valence-corrected chi connectivity index (χ2v) is 3.03. The molecule has 0 spiro atoms. The molecule has 0 aromatic rings. The van der Waals surface area contributed by atoms with Crippen LogP contribution >= 0.6 is 0 Å². The van der Waals surface area contributed by atoms with Gasteiger partial charge in [0, 0.05) is 0 Å². The average Bonchev–Trinajstić information content (AvgIpc) is 1.80. The van der Waals surface area contributed by atoms with E-state index >= 15 is 0 Å². The maximum atomic E-state index is 5.35. The van der Waals surface area contributed by atoms with Crippen LogP contribution in [0.25, 0.3) is 0 Å². The third-order valence-electron chi connectivity index (χ3n) is 1.49. The summed E-state index contributed by atoms with van der Waals surface area (Å²) in [5, 5.41) is 0. The van der Waals surface area contributed by atoms with E-state index in [-0.39, 0.29) is 0 Å². The first-order chi connectivity index (χ1) is 4.27. The normalized spacial score (nSPS) is 10.7. The number of rotatable bonds is 5. The van der Waals surface area contributed by atoms with Crippen molar-refractivity contribution < 1.29 is 0 Å². The molecule has 0 aliphatic carbocycles. The molecule has 0 aromatic carbocycles. The van der Waals surface area contributed by atoms with E-state index in [1.165, 1.54) is 25.7 Å². The maximum Gasteiger partial charge on any atom is -0.0352 e. The Morgan fingerprint density at radius 2 is 1.78 bits per heavy atom. The molecule has 0 unspecified atom stereocenters. The fraction of sp³-hybridized carbons (Fsp3) is 0.889. The molecule has 0 saturated heterocycles. The molecule has 0 heterocycles. The van der Waals surface area contributed by atoms with Crippen LogP contribution in [0.2, 0.25) is 0 Å². The Kier molecular flexibility index (Phi) is 6.12. The van der Waals surface area contributed by atoms with Crippen LogP contribution in [-0.4, -0.2) is 0 Å². The van der Waals surface area contributed by atoms with Crippen LogP contribution in [0.1, 0.15) is 46.0 Å². The summed E-state index contributed by atoms with van der Waals surface area (Å²) in [6, 6.07) is 0. The average molecular weight is 126 g/mol. The Morgan fingerprint density at radius 3 is 2.22 bits per heavy atom. The van der Waals surface area contributed by atoms with Gasteiger partial charge in [0.05, 0.1) is 0 Å². The van der Waals surface area contributed by atoms with Crippen molar-refractivity contribution in [3.05, 3.63) is 6.92 Å². The van der Waals surface area contributed by atoms with E-state index in [2.05, 4.69) is 13.8 Å². The highest BCUT2D eigenvalue weighted by Crippen LogP contribution is 2.08. The van der Waals surface area contributed by atoms with Crippen LogP contribution < -0.4 is 0 Å². The Hall–Kier alpha value is 0. The van der Waals surface area contributed by atoms with Gasteiger partial charge in [-0.15, -0.1) is 0 Å². The molecule has 0 aliphatic rings. The predicted octanol–water partition coefficient (Wildman–Crippen LogP) is 3.30. The van der Waals surface area contributed by atoms with E-state index in [1.54, 1.807) is 0 Å². The lowest BCUT2D eigenvalue weighted by Crippen LogP contribution is -1.86. The Labute approximate surface area is 59.7 Å². The van der Waals surface area contributed by atoms with Gasteiger partial charge in [-0.05, 0) is 19.3 Å². The molecule has 2 radical (unpaired) electrons. The lowest BCUT2D eigenvalue weighted by Gasteiger charge is -2.01. The summed E-state index contributed by atoms with van der Waals surface area (Å²) < 4.78 is 0. The van der Waals surface area contributed by atoms with Crippen LogP contribution in [0, 0.1) is 12.8 Å². The standard InChI is InChI=1S/C9H18/c1-4-5-6-7-8-9(2)3/h1,9H,4-8H2,2-3H3. The van der Waals surface area contributed by atoms with Gasteiger partial charge in [-0.1, -0.05) is 39.5 Å². The number of hydrogen-bond acceptors (Lipinski definition) is 0. The third kappa shape index (κ3) is 8.00. The zero-order chi connectivity index (χ0) is 7.11. The first-order valence-corrected chi connectivity index (χ1v) is 3.97. The van der Waals surface area contributed by atoms with E-state index in [0.29, 0.717) is 0 Å². The summed E-state index contributed by atoms with van der Waals surface area (Å²) in [5.74, 6) is 0.864. The fourth-order valence-corrected chi connectivity index (χ4v) is 0.874. The van der Waals surface area contributed by atoms with Gasteiger partial charge in [0.25, 0.3) is 0 Å². The fourth-order valence-electron chi connectivity index (χ4n) is 0.874. The summed E-state index contributed by atoms with van der Waals surface area (Å²) in [7, 11) is 0. The SMILES string of the molecule is [CH]CCCCCC(C)C. The molecule has 0 aromatic heterocycles. The summed E-state index contributed by atoms with van der Waals surface area (Å²) in [6.07, 6.45) is 6.09. The summed E-state index contributed by atoms with van der Waals surface area (Å²) >= 11 is 0. The van der Waals surface area contributed by atoms with Gasteiger partial charge in [0.2, 0.25) is 0 Å². The highest BCUT2D eigenvalue weighted by molar-refractivity contribution is 4.47. The lowest BCUT2D eigenvalue weighted by molar-refractivity contribution is 0.528. The Morgan fingerprint density at radius 1 is 1.11 bits per heavy atom. The predicted molar refractivity (Wildman–Crippen MR) is 42.2 cm³/mol. The van der Waals surface area contributed by atoms with Crippen molar-refractivity contribution >= 4 is 0 Å². The summed E-state index contributed by atoms with van der Waals surface area (Å²) in [4.78, 5) is 0. The van der Waals surface area contributed by atoms with Crippen molar-refractivity contribution in [3.63, 3.8) is 0 Å². The van der Waals surface area contributed by atoms with Gasteiger partial charge in [0.1, 0.15) is 0 Å². The topological polar surface area (TPSA) is 0 Å². The Balaban J connectivity index is 2.75. The summed E-state index contributed by atoms with van der Waals surface area (Å²) in [5.41, 5.74) is 0. The molecule has 0 saturated carbocycles. The van der Waals surface area contributed by atoms with Gasteiger partial charge in [-0.2, -0.15) is 0 Å². The van der Waals surface area contributed by atoms with Crippen molar-refractivity contribution in [3.8, 4) is 0 Å². The molecule has 0 heteroatoms. The second kappa shape index (κ2) is 6.12. The van der Waals surface area contributed by atoms with Crippen LogP contribution in [0.3, 0.4) is 0 Å². The molecule has 0 atom stereocenters. The van der Waals surface area contributed by atoms with Crippen LogP contribution in [0.15, 0.2) is 0 Å². The monoisotopic (exact) mass is 126 g/mol. The minimum Gasteiger partial charge on any atom is -0.0628 e. The van der Waals surface area contributed by atoms with Crippen LogP contribution in [0.5, 0.6) is 0 Å². The molecule has 0 bridgehead atoms. The van der Waals surface area contributed by atoms with Crippen molar-refractivity contribution in [1.82, 2.24) is 0 Å². The zero-order valence-corrected chi connectivity index (χ0v) is 6.69. The van der Waals surface area contributed by atoms with Gasteiger partial charge in [-0.25, -0.2) is 0 Å². The van der Waals surface area contributed by atoms with E-state index in [0.717, 1.165) is 12.3 Å². The van der Waals surface area contributed by atoms with Gasteiger partial charge >= 0.3 is 0 Å². The summed E-state index contributed by atoms with van der Waals surface area (Å²) in [6.45, 7) is 9.88. The van der Waals surface area contributed by atoms with E-state index < -0.39 is 0 Å². The van der Waals surface area contributed by atoms with Crippen molar-refractivity contribution in [2.45, 2.75) is 46.0 Å². The molecule has 0 fully saturated rings. The van der Waals surface area contributed by atoms with Crippen LogP contribution in [-0.2, 0) is 0 Å². The minimum absolute atomic E-state index is 0.859. The molecule has 0 N–H and O–H groups in total. The maximum absolute atomic E-state index is 5.35. The van der Waals surface area contributed by atoms with Crippen molar-refractivity contribution in [2.75, 3.05) is 0 Å². The molecular formula is C9H18. The first kappa shape index (κ1) is 9.00. The molecular weight excluding hydrogens is 108 g/mol. The van der Waals surface area contributed by atoms with E-state index in [1.807, 2.05) is 0 Å². The number of unbranched alkanes of at least 4 members (excludes halogenated alkanes) is 3. The second-order valence-electron chi connectivity index (χ2n) is 3.03. The van der Waals surface area contributed by atoms with Gasteiger partial charge in [-0.3, -0.25) is 0 Å². The lowest BCUT2D eigenvalue weighted by atomic mass is 10.1. The number of hydrogen-bond donors (Lipinski definition) is 0. The molecule has 54 valence electrons. The molecule has 9 heavy (non-hydrogen) atoms. The highest BCUT2D eigenvalue weighted by atomic mass is 14.0. The highest BCUT2D eigenvalue weighted by Gasteiger charge is 1.91. The molecule has 0 aliphatic heterocycles. The largest absolute Gasteiger partial charge is 0.0628 e. The smallest absolute Gasteiger partial charge is 0.0352 e. The molecule has 0 nitrogen and oxygen atoms in total. The molecule has 0 amide bonds. The minimum atomic E-state index is 0.859. The van der Waals surface area contributed by atoms with Crippen LogP contribution in [0.4, 0.5) is 0 Å². The van der Waals surface area contributed by atoms with E-state index in [9.17, 15) is 0 Å². The van der Waals surface area contributed by atoms with Gasteiger partial charge in [0.15, 0.2) is 0 Å². The van der Waals surface area contributed by atoms with Gasteiger partial charge < -0.3 is 0 Å². The third-order valence-corrected chi connectivity index (χ3v) is 1.49. The molecule has 0 rings (SSSR count). The first-order valence-electron chi connectivity index (χ1n) is 3.97. The zero-order valence-electron chi connectivity index (χ0n) is 6.69. The van der Waals surface area contributed by atoms with Crippen molar-refractivity contribution in [2.24, 2.45) is 5.92 Å². The quantitative estimate of drug-likeness (QED) is 0.496. The Bertz CT molecular complexity index is 46.0. The van der Waals surface area contributed by atoms with Crippen molar-refractivity contribution in [1.29, 1.82) is 0 Å². The van der Waals surface area contributed by atoms with E-state index in [4.69, 9.17) is 6.92 Å².